The Morgan fingerprint density at radius 3 is 2.74 bits per heavy atom. The Labute approximate surface area is 120 Å². The quantitative estimate of drug-likeness (QED) is 0.918. The third kappa shape index (κ3) is 2.86. The van der Waals surface area contributed by atoms with Crippen molar-refractivity contribution >= 4 is 11.3 Å². The van der Waals surface area contributed by atoms with E-state index in [1.807, 2.05) is 6.20 Å². The lowest BCUT2D eigenvalue weighted by atomic mass is 9.81. The second-order valence-electron chi connectivity index (χ2n) is 6.16. The van der Waals surface area contributed by atoms with Gasteiger partial charge in [0.25, 0.3) is 0 Å². The summed E-state index contributed by atoms with van der Waals surface area (Å²) in [4.78, 5) is 7.28. The normalized spacial score (nSPS) is 33.3. The van der Waals surface area contributed by atoms with E-state index < -0.39 is 0 Å². The summed E-state index contributed by atoms with van der Waals surface area (Å²) >= 11 is 1.80. The molecule has 3 heterocycles. The second kappa shape index (κ2) is 5.90. The summed E-state index contributed by atoms with van der Waals surface area (Å²) in [6, 6.07) is 2.33. The van der Waals surface area contributed by atoms with E-state index in [-0.39, 0.29) is 0 Å². The van der Waals surface area contributed by atoms with E-state index in [1.54, 1.807) is 11.3 Å². The molecule has 0 spiro atoms. The summed E-state index contributed by atoms with van der Waals surface area (Å²) in [6.07, 6.45) is 8.80. The van der Waals surface area contributed by atoms with Gasteiger partial charge in [-0.05, 0) is 32.7 Å². The predicted octanol–water partition coefficient (Wildman–Crippen LogP) is 2.85. The van der Waals surface area contributed by atoms with Gasteiger partial charge in [0.2, 0.25) is 0 Å². The average Bonchev–Trinajstić information content (AvgIpc) is 2.92. The van der Waals surface area contributed by atoms with Crippen molar-refractivity contribution in [3.63, 3.8) is 0 Å². The van der Waals surface area contributed by atoms with Crippen molar-refractivity contribution in [1.82, 2.24) is 15.2 Å². The van der Waals surface area contributed by atoms with Gasteiger partial charge in [-0.25, -0.2) is 4.98 Å². The first-order chi connectivity index (χ1) is 9.28. The SMILES string of the molecule is CNC1CC2CCCC(C1)N2CC(C)c1nccs1. The maximum absolute atomic E-state index is 4.49. The van der Waals surface area contributed by atoms with Crippen molar-refractivity contribution in [2.24, 2.45) is 0 Å². The number of rotatable bonds is 4. The van der Waals surface area contributed by atoms with Crippen LogP contribution in [-0.2, 0) is 0 Å². The molecule has 0 aromatic carbocycles. The molecule has 3 rings (SSSR count). The molecule has 1 aromatic heterocycles. The van der Waals surface area contributed by atoms with E-state index in [4.69, 9.17) is 0 Å². The molecule has 106 valence electrons. The van der Waals surface area contributed by atoms with Crippen LogP contribution in [0.1, 0.15) is 50.0 Å². The molecule has 2 aliphatic heterocycles. The minimum Gasteiger partial charge on any atom is -0.317 e. The molecule has 0 aliphatic carbocycles. The number of hydrogen-bond donors (Lipinski definition) is 1. The molecule has 19 heavy (non-hydrogen) atoms. The monoisotopic (exact) mass is 279 g/mol. The van der Waals surface area contributed by atoms with Crippen LogP contribution in [-0.4, -0.2) is 41.6 Å². The molecule has 0 saturated carbocycles. The van der Waals surface area contributed by atoms with Crippen LogP contribution in [0.15, 0.2) is 11.6 Å². The van der Waals surface area contributed by atoms with Gasteiger partial charge in [-0.1, -0.05) is 13.3 Å². The van der Waals surface area contributed by atoms with E-state index in [1.165, 1.54) is 43.7 Å². The van der Waals surface area contributed by atoms with Crippen LogP contribution in [0.3, 0.4) is 0 Å². The molecular formula is C15H25N3S. The Kier molecular flexibility index (Phi) is 4.20. The van der Waals surface area contributed by atoms with Gasteiger partial charge in [-0.2, -0.15) is 0 Å². The number of aromatic nitrogens is 1. The Morgan fingerprint density at radius 2 is 2.16 bits per heavy atom. The smallest absolute Gasteiger partial charge is 0.0965 e. The summed E-state index contributed by atoms with van der Waals surface area (Å²) in [7, 11) is 2.12. The Bertz CT molecular complexity index is 378. The van der Waals surface area contributed by atoms with E-state index >= 15 is 0 Å². The first kappa shape index (κ1) is 13.5. The molecule has 1 aromatic rings. The predicted molar refractivity (Wildman–Crippen MR) is 80.7 cm³/mol. The highest BCUT2D eigenvalue weighted by molar-refractivity contribution is 7.09. The van der Waals surface area contributed by atoms with E-state index in [0.717, 1.165) is 18.1 Å². The fourth-order valence-corrected chi connectivity index (χ4v) is 4.57. The zero-order valence-corrected chi connectivity index (χ0v) is 12.8. The van der Waals surface area contributed by atoms with Gasteiger partial charge < -0.3 is 5.32 Å². The van der Waals surface area contributed by atoms with Crippen molar-refractivity contribution < 1.29 is 0 Å². The molecule has 4 heteroatoms. The van der Waals surface area contributed by atoms with Gasteiger partial charge in [0.05, 0.1) is 5.01 Å². The third-order valence-electron chi connectivity index (χ3n) is 4.89. The summed E-state index contributed by atoms with van der Waals surface area (Å²) in [6.45, 7) is 3.53. The molecular weight excluding hydrogens is 254 g/mol. The number of hydrogen-bond acceptors (Lipinski definition) is 4. The zero-order chi connectivity index (χ0) is 13.2. The summed E-state index contributed by atoms with van der Waals surface area (Å²) < 4.78 is 0. The molecule has 2 fully saturated rings. The van der Waals surface area contributed by atoms with Crippen LogP contribution in [0.25, 0.3) is 0 Å². The first-order valence-corrected chi connectivity index (χ1v) is 8.48. The van der Waals surface area contributed by atoms with Crippen molar-refractivity contribution in [3.8, 4) is 0 Å². The number of piperidine rings is 2. The summed E-state index contributed by atoms with van der Waals surface area (Å²) in [5.41, 5.74) is 0. The fraction of sp³-hybridized carbons (Fsp3) is 0.800. The first-order valence-electron chi connectivity index (χ1n) is 7.60. The van der Waals surface area contributed by atoms with Crippen molar-refractivity contribution in [3.05, 3.63) is 16.6 Å². The average molecular weight is 279 g/mol. The van der Waals surface area contributed by atoms with Gasteiger partial charge >= 0.3 is 0 Å². The van der Waals surface area contributed by atoms with Crippen LogP contribution < -0.4 is 5.32 Å². The molecule has 3 atom stereocenters. The Balaban J connectivity index is 1.67. The van der Waals surface area contributed by atoms with Gasteiger partial charge in [0.15, 0.2) is 0 Å². The van der Waals surface area contributed by atoms with E-state index in [0.29, 0.717) is 5.92 Å². The molecule has 2 aliphatic rings. The highest BCUT2D eigenvalue weighted by Gasteiger charge is 2.38. The molecule has 2 saturated heterocycles. The molecule has 3 nitrogen and oxygen atoms in total. The second-order valence-corrected chi connectivity index (χ2v) is 7.09. The van der Waals surface area contributed by atoms with Crippen molar-refractivity contribution in [2.45, 2.75) is 63.1 Å². The van der Waals surface area contributed by atoms with Crippen LogP contribution >= 0.6 is 11.3 Å². The van der Waals surface area contributed by atoms with Crippen LogP contribution in [0.5, 0.6) is 0 Å². The maximum atomic E-state index is 4.49. The molecule has 2 bridgehead atoms. The largest absolute Gasteiger partial charge is 0.317 e. The molecule has 0 amide bonds. The maximum Gasteiger partial charge on any atom is 0.0965 e. The summed E-state index contributed by atoms with van der Waals surface area (Å²) in [5, 5.41) is 6.89. The van der Waals surface area contributed by atoms with Crippen molar-refractivity contribution in [1.29, 1.82) is 0 Å². The van der Waals surface area contributed by atoms with Crippen molar-refractivity contribution in [2.75, 3.05) is 13.6 Å². The number of nitrogens with one attached hydrogen (secondary N) is 1. The molecule has 1 N–H and O–H groups in total. The Morgan fingerprint density at radius 1 is 1.42 bits per heavy atom. The number of thiazole rings is 1. The lowest BCUT2D eigenvalue weighted by Gasteiger charge is -2.49. The highest BCUT2D eigenvalue weighted by Crippen LogP contribution is 2.35. The number of fused-ring (bicyclic) bond motifs is 2. The lowest BCUT2D eigenvalue weighted by Crippen LogP contribution is -2.56. The van der Waals surface area contributed by atoms with Gasteiger partial charge in [0, 0.05) is 42.2 Å². The van der Waals surface area contributed by atoms with Gasteiger partial charge in [-0.3, -0.25) is 4.90 Å². The minimum absolute atomic E-state index is 0.578. The fourth-order valence-electron chi connectivity index (χ4n) is 3.88. The van der Waals surface area contributed by atoms with E-state index in [2.05, 4.69) is 34.6 Å². The lowest BCUT2D eigenvalue weighted by molar-refractivity contribution is 0.0221. The number of nitrogens with zero attached hydrogens (tertiary/aromatic N) is 2. The third-order valence-corrected chi connectivity index (χ3v) is 5.90. The highest BCUT2D eigenvalue weighted by atomic mass is 32.1. The standard InChI is InChI=1S/C15H25N3S/c1-11(15-17-6-7-19-15)10-18-13-4-3-5-14(18)9-12(8-13)16-2/h6-7,11-14,16H,3-5,8-10H2,1-2H3. The van der Waals surface area contributed by atoms with E-state index in [9.17, 15) is 0 Å². The van der Waals surface area contributed by atoms with Gasteiger partial charge in [0.1, 0.15) is 0 Å². The van der Waals surface area contributed by atoms with Crippen LogP contribution in [0, 0.1) is 0 Å². The summed E-state index contributed by atoms with van der Waals surface area (Å²) in [5.74, 6) is 0.578. The zero-order valence-electron chi connectivity index (χ0n) is 12.0. The van der Waals surface area contributed by atoms with Crippen LogP contribution in [0.4, 0.5) is 0 Å². The molecule has 3 unspecified atom stereocenters. The topological polar surface area (TPSA) is 28.2 Å². The van der Waals surface area contributed by atoms with Crippen LogP contribution in [0.2, 0.25) is 0 Å². The molecule has 0 radical (unpaired) electrons. The van der Waals surface area contributed by atoms with Gasteiger partial charge in [-0.15, -0.1) is 11.3 Å². The Hall–Kier alpha value is -0.450. The minimum atomic E-state index is 0.578.